The molecule has 0 bridgehead atoms. The number of H-pyrrole nitrogens is 1. The third kappa shape index (κ3) is 2.74. The Kier molecular flexibility index (Phi) is 3.85. The van der Waals surface area contributed by atoms with Gasteiger partial charge in [-0.3, -0.25) is 4.79 Å². The Hall–Kier alpha value is -3.27. The van der Waals surface area contributed by atoms with Gasteiger partial charge in [0.25, 0.3) is 5.56 Å². The van der Waals surface area contributed by atoms with Gasteiger partial charge in [-0.05, 0) is 11.6 Å². The van der Waals surface area contributed by atoms with Crippen LogP contribution < -0.4 is 16.8 Å². The van der Waals surface area contributed by atoms with Gasteiger partial charge in [-0.25, -0.2) is 4.39 Å². The van der Waals surface area contributed by atoms with Crippen molar-refractivity contribution >= 4 is 18.3 Å². The van der Waals surface area contributed by atoms with Gasteiger partial charge in [-0.2, -0.15) is 10.5 Å². The number of benzene rings is 1. The molecule has 23 heavy (non-hydrogen) atoms. The fraction of sp³-hybridized carbons (Fsp3) is 0. The van der Waals surface area contributed by atoms with Crippen LogP contribution in [0.4, 0.5) is 23.2 Å². The second kappa shape index (κ2) is 5.50. The number of hydrogen-bond donors (Lipinski definition) is 2. The minimum absolute atomic E-state index is 0.300. The number of nitrogens with zero attached hydrogens (tertiary/aromatic N) is 2. The highest BCUT2D eigenvalue weighted by molar-refractivity contribution is 6.73. The quantitative estimate of drug-likeness (QED) is 0.646. The molecule has 1 aromatic carbocycles. The predicted molar refractivity (Wildman–Crippen MR) is 75.0 cm³/mol. The number of pyridine rings is 1. The molecule has 1 heterocycles. The van der Waals surface area contributed by atoms with Crippen LogP contribution in [0.15, 0.2) is 23.0 Å². The van der Waals surface area contributed by atoms with E-state index in [1.165, 1.54) is 6.07 Å². The molecule has 0 unspecified atom stereocenters. The Morgan fingerprint density at radius 2 is 1.74 bits per heavy atom. The zero-order valence-electron chi connectivity index (χ0n) is 11.2. The average molecular weight is 321 g/mol. The van der Waals surface area contributed by atoms with Crippen molar-refractivity contribution in [1.29, 1.82) is 10.5 Å². The van der Waals surface area contributed by atoms with E-state index in [1.54, 1.807) is 6.07 Å². The molecule has 3 N–H and O–H groups in total. The lowest BCUT2D eigenvalue weighted by atomic mass is 9.78. The molecule has 10 heteroatoms. The summed E-state index contributed by atoms with van der Waals surface area (Å²) >= 11 is 0. The van der Waals surface area contributed by atoms with Crippen molar-refractivity contribution in [2.45, 2.75) is 0 Å². The van der Waals surface area contributed by atoms with Crippen LogP contribution in [0.5, 0.6) is 0 Å². The normalized spacial score (nSPS) is 10.9. The molecule has 5 nitrogen and oxygen atoms in total. The fourth-order valence-corrected chi connectivity index (χ4v) is 2.08. The summed E-state index contributed by atoms with van der Waals surface area (Å²) < 4.78 is 52.0. The second-order valence-electron chi connectivity index (χ2n) is 4.53. The lowest BCUT2D eigenvalue weighted by molar-refractivity contribution is 0.494. The lowest BCUT2D eigenvalue weighted by Gasteiger charge is -2.18. The first-order chi connectivity index (χ1) is 10.7. The molecule has 1 aromatic heterocycles. The summed E-state index contributed by atoms with van der Waals surface area (Å²) in [5.41, 5.74) is 1.38. The summed E-state index contributed by atoms with van der Waals surface area (Å²) in [4.78, 5) is 13.8. The third-order valence-electron chi connectivity index (χ3n) is 3.11. The summed E-state index contributed by atoms with van der Waals surface area (Å²) in [6.07, 6.45) is 0. The first-order valence-electron chi connectivity index (χ1n) is 6.06. The van der Waals surface area contributed by atoms with Crippen LogP contribution in [0.25, 0.3) is 11.1 Å². The van der Waals surface area contributed by atoms with Crippen molar-refractivity contribution in [3.63, 3.8) is 0 Å². The number of nitrogens with two attached hydrogens (primary N) is 1. The van der Waals surface area contributed by atoms with Gasteiger partial charge in [-0.15, -0.1) is 0 Å². The van der Waals surface area contributed by atoms with Crippen LogP contribution in [0.1, 0.15) is 11.1 Å². The van der Waals surface area contributed by atoms with Crippen molar-refractivity contribution in [3.8, 4) is 23.3 Å². The SMILES string of the molecule is N#Cc1c(N)[nH]c(=O)c(C#N)c1-c1ccc(F)c([B-](F)(F)F)c1. The number of nitrogen functional groups attached to an aromatic ring is 1. The smallest absolute Gasteiger partial charge is 0.445 e. The molecule has 0 saturated carbocycles. The van der Waals surface area contributed by atoms with Crippen molar-refractivity contribution in [2.24, 2.45) is 0 Å². The topological polar surface area (TPSA) is 106 Å². The molecule has 0 amide bonds. The average Bonchev–Trinajstić information content (AvgIpc) is 2.46. The molecular weight excluding hydrogens is 315 g/mol. The van der Waals surface area contributed by atoms with Crippen LogP contribution in [0.2, 0.25) is 0 Å². The van der Waals surface area contributed by atoms with E-state index in [4.69, 9.17) is 16.3 Å². The summed E-state index contributed by atoms with van der Waals surface area (Å²) in [7, 11) is 0. The maximum Gasteiger partial charge on any atom is 0.512 e. The number of halogens is 4. The number of anilines is 1. The Morgan fingerprint density at radius 3 is 2.26 bits per heavy atom. The number of nitriles is 2. The number of aromatic nitrogens is 1. The van der Waals surface area contributed by atoms with Gasteiger partial charge >= 0.3 is 6.98 Å². The van der Waals surface area contributed by atoms with Gasteiger partial charge in [0.2, 0.25) is 0 Å². The Bertz CT molecular complexity index is 937. The van der Waals surface area contributed by atoms with Gasteiger partial charge in [0.15, 0.2) is 0 Å². The highest BCUT2D eigenvalue weighted by Crippen LogP contribution is 2.28. The van der Waals surface area contributed by atoms with E-state index in [1.807, 2.05) is 0 Å². The van der Waals surface area contributed by atoms with Gasteiger partial charge in [0.05, 0.1) is 5.82 Å². The first-order valence-corrected chi connectivity index (χ1v) is 6.06. The van der Waals surface area contributed by atoms with Crippen molar-refractivity contribution < 1.29 is 17.3 Å². The molecule has 0 atom stereocenters. The molecule has 2 rings (SSSR count). The van der Waals surface area contributed by atoms with E-state index in [0.29, 0.717) is 12.1 Å². The highest BCUT2D eigenvalue weighted by Gasteiger charge is 2.30. The molecule has 116 valence electrons. The number of nitrogens with one attached hydrogen (secondary N) is 1. The first kappa shape index (κ1) is 16.1. The molecule has 0 saturated heterocycles. The summed E-state index contributed by atoms with van der Waals surface area (Å²) in [6, 6.07) is 5.08. The zero-order chi connectivity index (χ0) is 17.4. The predicted octanol–water partition coefficient (Wildman–Crippen LogP) is 1.56. The van der Waals surface area contributed by atoms with Crippen LogP contribution >= 0.6 is 0 Å². The van der Waals surface area contributed by atoms with Gasteiger partial charge in [0, 0.05) is 5.56 Å². The summed E-state index contributed by atoms with van der Waals surface area (Å²) in [5, 5.41) is 18.1. The minimum Gasteiger partial charge on any atom is -0.445 e. The fourth-order valence-electron chi connectivity index (χ4n) is 2.08. The molecule has 0 radical (unpaired) electrons. The van der Waals surface area contributed by atoms with Crippen LogP contribution in [0.3, 0.4) is 0 Å². The van der Waals surface area contributed by atoms with Crippen LogP contribution in [0, 0.1) is 28.5 Å². The van der Waals surface area contributed by atoms with Crippen molar-refractivity contribution in [1.82, 2.24) is 4.98 Å². The van der Waals surface area contributed by atoms with E-state index in [9.17, 15) is 22.1 Å². The Balaban J connectivity index is 2.91. The summed E-state index contributed by atoms with van der Waals surface area (Å²) in [5.74, 6) is -1.88. The minimum atomic E-state index is -5.66. The lowest BCUT2D eigenvalue weighted by Crippen LogP contribution is -2.36. The molecule has 0 fully saturated rings. The molecule has 0 aliphatic rings. The second-order valence-corrected chi connectivity index (χ2v) is 4.53. The van der Waals surface area contributed by atoms with E-state index < -0.39 is 35.2 Å². The Morgan fingerprint density at radius 1 is 1.13 bits per heavy atom. The highest BCUT2D eigenvalue weighted by atomic mass is 19.4. The molecule has 2 aromatic rings. The van der Waals surface area contributed by atoms with Crippen molar-refractivity contribution in [2.75, 3.05) is 5.73 Å². The standard InChI is InChI=1S/C13H6BF4N4O/c15-10-2-1-6(3-9(10)14(16,17)18)11-7(4-19)12(21)22-13(23)8(11)5-20/h1-3H,(H3,21,22,23)/q-1. The van der Waals surface area contributed by atoms with E-state index in [-0.39, 0.29) is 16.7 Å². The number of aromatic amines is 1. The van der Waals surface area contributed by atoms with Crippen LogP contribution in [-0.2, 0) is 0 Å². The maximum atomic E-state index is 13.4. The number of rotatable bonds is 2. The van der Waals surface area contributed by atoms with Gasteiger partial charge in [-0.1, -0.05) is 17.6 Å². The van der Waals surface area contributed by atoms with E-state index in [0.717, 1.165) is 6.07 Å². The largest absolute Gasteiger partial charge is 0.512 e. The number of hydrogen-bond acceptors (Lipinski definition) is 4. The van der Waals surface area contributed by atoms with Crippen LogP contribution in [-0.4, -0.2) is 12.0 Å². The molecule has 0 aliphatic heterocycles. The van der Waals surface area contributed by atoms with Crippen molar-refractivity contribution in [3.05, 3.63) is 45.5 Å². The van der Waals surface area contributed by atoms with E-state index >= 15 is 0 Å². The van der Waals surface area contributed by atoms with Gasteiger partial charge in [0.1, 0.15) is 29.1 Å². The molecule has 0 spiro atoms. The zero-order valence-corrected chi connectivity index (χ0v) is 11.2. The molecular formula is C13H6BF4N4O-. The Labute approximate surface area is 126 Å². The molecule has 0 aliphatic carbocycles. The van der Waals surface area contributed by atoms with E-state index in [2.05, 4.69) is 4.98 Å². The summed E-state index contributed by atoms with van der Waals surface area (Å²) in [6.45, 7) is -5.66. The third-order valence-corrected chi connectivity index (χ3v) is 3.11. The maximum absolute atomic E-state index is 13.4. The van der Waals surface area contributed by atoms with Gasteiger partial charge < -0.3 is 23.7 Å². The monoisotopic (exact) mass is 321 g/mol.